The summed E-state index contributed by atoms with van der Waals surface area (Å²) in [6, 6.07) is 4.56. The van der Waals surface area contributed by atoms with Crippen LogP contribution in [0.15, 0.2) is 34.5 Å². The first-order chi connectivity index (χ1) is 13.2. The van der Waals surface area contributed by atoms with Crippen LogP contribution in [0.2, 0.25) is 0 Å². The molecule has 1 aromatic carbocycles. The van der Waals surface area contributed by atoms with E-state index in [2.05, 4.69) is 15.4 Å². The van der Waals surface area contributed by atoms with E-state index in [0.29, 0.717) is 9.90 Å². The zero-order valence-electron chi connectivity index (χ0n) is 14.3. The highest BCUT2D eigenvalue weighted by molar-refractivity contribution is 8.01. The molecule has 2 aromatic rings. The Morgan fingerprint density at radius 1 is 1.29 bits per heavy atom. The molecule has 0 saturated carbocycles. The smallest absolute Gasteiger partial charge is 0.416 e. The number of hydrogen-bond acceptors (Lipinski definition) is 6. The number of rotatable bonds is 4. The third-order valence-electron chi connectivity index (χ3n) is 3.82. The molecule has 1 aliphatic heterocycles. The van der Waals surface area contributed by atoms with Gasteiger partial charge < -0.3 is 15.4 Å². The fraction of sp³-hybridized carbons (Fsp3) is 0.235. The largest absolute Gasteiger partial charge is 0.465 e. The molecular weight excluding hydrogens is 417 g/mol. The van der Waals surface area contributed by atoms with Crippen LogP contribution < -0.4 is 10.6 Å². The standard InChI is InChI=1S/C17H13F3N2O4S2/c1-26-16(25)9-4-5-27-15(9)22-13(23)7-12-14(24)21-10-6-8(17(18,19)20)2-3-11(10)28-12/h2-6,12H,7H2,1H3,(H,21,24)(H,22,23). The number of anilines is 2. The van der Waals surface area contributed by atoms with Crippen LogP contribution in [0.3, 0.4) is 0 Å². The molecule has 0 saturated heterocycles. The molecule has 2 amide bonds. The number of halogens is 3. The van der Waals surface area contributed by atoms with Crippen molar-refractivity contribution in [2.45, 2.75) is 22.7 Å². The van der Waals surface area contributed by atoms with Crippen molar-refractivity contribution in [2.75, 3.05) is 17.7 Å². The maximum absolute atomic E-state index is 12.8. The zero-order valence-corrected chi connectivity index (χ0v) is 15.9. The number of amides is 2. The molecule has 2 N–H and O–H groups in total. The molecule has 1 aromatic heterocycles. The van der Waals surface area contributed by atoms with E-state index in [4.69, 9.17) is 0 Å². The van der Waals surface area contributed by atoms with Crippen LogP contribution in [0.5, 0.6) is 0 Å². The number of fused-ring (bicyclic) bond motifs is 1. The Morgan fingerprint density at radius 3 is 2.71 bits per heavy atom. The number of benzene rings is 1. The van der Waals surface area contributed by atoms with Crippen molar-refractivity contribution in [3.05, 3.63) is 40.8 Å². The minimum absolute atomic E-state index is 0.0627. The molecule has 1 aliphatic rings. The lowest BCUT2D eigenvalue weighted by atomic mass is 10.1. The summed E-state index contributed by atoms with van der Waals surface area (Å²) < 4.78 is 43.0. The van der Waals surface area contributed by atoms with Gasteiger partial charge in [-0.15, -0.1) is 23.1 Å². The van der Waals surface area contributed by atoms with Crippen LogP contribution >= 0.6 is 23.1 Å². The van der Waals surface area contributed by atoms with Crippen LogP contribution in [0, 0.1) is 0 Å². The number of carbonyl (C=O) groups is 3. The van der Waals surface area contributed by atoms with Crippen LogP contribution in [-0.4, -0.2) is 30.1 Å². The van der Waals surface area contributed by atoms with Crippen molar-refractivity contribution in [3.8, 4) is 0 Å². The first kappa shape index (κ1) is 20.2. The number of thiophene rings is 1. The minimum Gasteiger partial charge on any atom is -0.465 e. The molecule has 11 heteroatoms. The van der Waals surface area contributed by atoms with Crippen molar-refractivity contribution in [1.82, 2.24) is 0 Å². The molecule has 1 unspecified atom stereocenters. The Balaban J connectivity index is 1.69. The summed E-state index contributed by atoms with van der Waals surface area (Å²) in [5.74, 6) is -1.67. The van der Waals surface area contributed by atoms with Gasteiger partial charge in [0.05, 0.1) is 29.2 Å². The Labute approximate surface area is 165 Å². The summed E-state index contributed by atoms with van der Waals surface area (Å²) in [4.78, 5) is 36.6. The SMILES string of the molecule is COC(=O)c1ccsc1NC(=O)CC1Sc2ccc(C(F)(F)F)cc2NC1=O. The number of methoxy groups -OCH3 is 1. The van der Waals surface area contributed by atoms with E-state index in [1.165, 1.54) is 19.2 Å². The molecular formula is C17H13F3N2O4S2. The van der Waals surface area contributed by atoms with Crippen LogP contribution in [0.4, 0.5) is 23.9 Å². The molecule has 0 fully saturated rings. The first-order valence-corrected chi connectivity index (χ1v) is 9.59. The summed E-state index contributed by atoms with van der Waals surface area (Å²) >= 11 is 2.14. The Morgan fingerprint density at radius 2 is 2.04 bits per heavy atom. The van der Waals surface area contributed by atoms with Crippen molar-refractivity contribution >= 4 is 51.6 Å². The number of carbonyl (C=O) groups excluding carboxylic acids is 3. The number of esters is 1. The Bertz CT molecular complexity index is 943. The zero-order chi connectivity index (χ0) is 20.5. The number of hydrogen-bond donors (Lipinski definition) is 2. The third kappa shape index (κ3) is 4.30. The van der Waals surface area contributed by atoms with Gasteiger partial charge in [0.1, 0.15) is 5.00 Å². The molecule has 2 heterocycles. The van der Waals surface area contributed by atoms with E-state index < -0.39 is 34.8 Å². The maximum Gasteiger partial charge on any atom is 0.416 e. The van der Waals surface area contributed by atoms with Gasteiger partial charge in [0.15, 0.2) is 0 Å². The maximum atomic E-state index is 12.8. The topological polar surface area (TPSA) is 84.5 Å². The van der Waals surface area contributed by atoms with E-state index in [9.17, 15) is 27.6 Å². The minimum atomic E-state index is -4.51. The van der Waals surface area contributed by atoms with Crippen molar-refractivity contribution in [3.63, 3.8) is 0 Å². The quantitative estimate of drug-likeness (QED) is 0.717. The lowest BCUT2D eigenvalue weighted by molar-refractivity contribution is -0.137. The van der Waals surface area contributed by atoms with E-state index in [-0.39, 0.29) is 17.7 Å². The van der Waals surface area contributed by atoms with Gasteiger partial charge in [-0.3, -0.25) is 9.59 Å². The molecule has 0 spiro atoms. The van der Waals surface area contributed by atoms with Gasteiger partial charge in [-0.1, -0.05) is 0 Å². The van der Waals surface area contributed by atoms with Crippen molar-refractivity contribution < 1.29 is 32.3 Å². The van der Waals surface area contributed by atoms with Crippen molar-refractivity contribution in [1.29, 1.82) is 0 Å². The molecule has 1 atom stereocenters. The average molecular weight is 430 g/mol. The Kier molecular flexibility index (Phi) is 5.66. The highest BCUT2D eigenvalue weighted by Gasteiger charge is 2.34. The lowest BCUT2D eigenvalue weighted by Crippen LogP contribution is -2.32. The van der Waals surface area contributed by atoms with E-state index in [0.717, 1.165) is 35.2 Å². The monoisotopic (exact) mass is 430 g/mol. The predicted molar refractivity (Wildman–Crippen MR) is 98.6 cm³/mol. The number of alkyl halides is 3. The first-order valence-electron chi connectivity index (χ1n) is 7.83. The van der Waals surface area contributed by atoms with Crippen LogP contribution in [0.1, 0.15) is 22.3 Å². The second-order valence-corrected chi connectivity index (χ2v) is 7.87. The summed E-state index contributed by atoms with van der Waals surface area (Å²) in [6.45, 7) is 0. The van der Waals surface area contributed by atoms with Gasteiger partial charge in [0, 0.05) is 11.3 Å². The highest BCUT2D eigenvalue weighted by Crippen LogP contribution is 2.40. The molecule has 0 aliphatic carbocycles. The lowest BCUT2D eigenvalue weighted by Gasteiger charge is -2.24. The summed E-state index contributed by atoms with van der Waals surface area (Å²) in [5.41, 5.74) is -0.601. The highest BCUT2D eigenvalue weighted by atomic mass is 32.2. The van der Waals surface area contributed by atoms with Gasteiger partial charge in [-0.05, 0) is 29.6 Å². The fourth-order valence-corrected chi connectivity index (χ4v) is 4.37. The van der Waals surface area contributed by atoms with E-state index in [1.807, 2.05) is 0 Å². The van der Waals surface area contributed by atoms with E-state index in [1.54, 1.807) is 5.38 Å². The molecule has 0 radical (unpaired) electrons. The van der Waals surface area contributed by atoms with Gasteiger partial charge in [0.25, 0.3) is 0 Å². The third-order valence-corrected chi connectivity index (χ3v) is 5.93. The molecule has 3 rings (SSSR count). The van der Waals surface area contributed by atoms with Crippen molar-refractivity contribution in [2.24, 2.45) is 0 Å². The average Bonchev–Trinajstić information content (AvgIpc) is 3.08. The van der Waals surface area contributed by atoms with Gasteiger partial charge in [-0.25, -0.2) is 4.79 Å². The molecule has 148 valence electrons. The number of ether oxygens (including phenoxy) is 1. The molecule has 6 nitrogen and oxygen atoms in total. The normalized spacial score (nSPS) is 16.1. The fourth-order valence-electron chi connectivity index (χ4n) is 2.48. The van der Waals surface area contributed by atoms with Gasteiger partial charge in [0.2, 0.25) is 11.8 Å². The van der Waals surface area contributed by atoms with Crippen LogP contribution in [0.25, 0.3) is 0 Å². The summed E-state index contributed by atoms with van der Waals surface area (Å²) in [6.07, 6.45) is -4.73. The summed E-state index contributed by atoms with van der Waals surface area (Å²) in [5, 5.41) is 6.07. The predicted octanol–water partition coefficient (Wildman–Crippen LogP) is 4.00. The van der Waals surface area contributed by atoms with Gasteiger partial charge >= 0.3 is 12.1 Å². The number of nitrogens with one attached hydrogen (secondary N) is 2. The van der Waals surface area contributed by atoms with Crippen LogP contribution in [-0.2, 0) is 20.5 Å². The second-order valence-electron chi connectivity index (χ2n) is 5.71. The number of thioether (sulfide) groups is 1. The molecule has 0 bridgehead atoms. The second kappa shape index (κ2) is 7.84. The Hall–Kier alpha value is -2.53. The molecule has 28 heavy (non-hydrogen) atoms. The summed E-state index contributed by atoms with van der Waals surface area (Å²) in [7, 11) is 1.22. The van der Waals surface area contributed by atoms with E-state index >= 15 is 0 Å². The van der Waals surface area contributed by atoms with Gasteiger partial charge in [-0.2, -0.15) is 13.2 Å².